The van der Waals surface area contributed by atoms with Crippen LogP contribution in [-0.4, -0.2) is 18.5 Å². The molecule has 1 saturated carbocycles. The molecule has 0 aliphatic heterocycles. The summed E-state index contributed by atoms with van der Waals surface area (Å²) in [5.41, 5.74) is 5.70. The topological polar surface area (TPSA) is 50.4 Å². The van der Waals surface area contributed by atoms with Gasteiger partial charge in [0.1, 0.15) is 0 Å². The van der Waals surface area contributed by atoms with E-state index in [-0.39, 0.29) is 0 Å². The van der Waals surface area contributed by atoms with Crippen molar-refractivity contribution in [2.75, 3.05) is 6.54 Å². The van der Waals surface area contributed by atoms with Crippen molar-refractivity contribution in [1.29, 1.82) is 0 Å². The minimum atomic E-state index is 0.609. The van der Waals surface area contributed by atoms with Crippen LogP contribution >= 0.6 is 0 Å². The zero-order valence-corrected chi connectivity index (χ0v) is 8.88. The first-order valence-electron chi connectivity index (χ1n) is 5.16. The maximum Gasteiger partial charge on any atom is 0.188 e. The van der Waals surface area contributed by atoms with Gasteiger partial charge in [-0.15, -0.1) is 0 Å². The predicted octanol–water partition coefficient (Wildman–Crippen LogP) is 1.35. The summed E-state index contributed by atoms with van der Waals surface area (Å²) in [6.07, 6.45) is 2.49. The van der Waals surface area contributed by atoms with Crippen LogP contribution in [-0.2, 0) is 0 Å². The molecule has 1 rings (SSSR count). The van der Waals surface area contributed by atoms with Gasteiger partial charge in [0.15, 0.2) is 5.96 Å². The number of nitrogens with one attached hydrogen (secondary N) is 1. The number of hydrogen-bond donors (Lipinski definition) is 2. The summed E-state index contributed by atoms with van der Waals surface area (Å²) in [6.45, 7) is 7.47. The van der Waals surface area contributed by atoms with Gasteiger partial charge >= 0.3 is 0 Å². The highest BCUT2D eigenvalue weighted by Crippen LogP contribution is 2.18. The van der Waals surface area contributed by atoms with Crippen LogP contribution in [0.3, 0.4) is 0 Å². The van der Waals surface area contributed by atoms with E-state index in [0.29, 0.717) is 23.8 Å². The Morgan fingerprint density at radius 1 is 1.46 bits per heavy atom. The maximum absolute atomic E-state index is 5.70. The molecule has 1 fully saturated rings. The molecule has 76 valence electrons. The van der Waals surface area contributed by atoms with Crippen molar-refractivity contribution < 1.29 is 0 Å². The Morgan fingerprint density at radius 3 is 2.54 bits per heavy atom. The number of nitrogens with zero attached hydrogens (tertiary/aromatic N) is 1. The molecule has 0 aromatic heterocycles. The van der Waals surface area contributed by atoms with Gasteiger partial charge < -0.3 is 11.1 Å². The number of nitrogens with two attached hydrogens (primary N) is 1. The molecular formula is C10H21N3. The Labute approximate surface area is 80.8 Å². The first kappa shape index (κ1) is 10.4. The summed E-state index contributed by atoms with van der Waals surface area (Å²) in [5, 5.41) is 3.18. The third-order valence-corrected chi connectivity index (χ3v) is 2.62. The molecule has 3 nitrogen and oxygen atoms in total. The van der Waals surface area contributed by atoms with Crippen LogP contribution < -0.4 is 11.1 Å². The van der Waals surface area contributed by atoms with Crippen LogP contribution in [0.15, 0.2) is 4.99 Å². The monoisotopic (exact) mass is 183 g/mol. The lowest BCUT2D eigenvalue weighted by molar-refractivity contribution is 0.430. The van der Waals surface area contributed by atoms with E-state index >= 15 is 0 Å². The Kier molecular flexibility index (Phi) is 3.58. The fraction of sp³-hybridized carbons (Fsp3) is 0.900. The third-order valence-electron chi connectivity index (χ3n) is 2.62. The molecule has 0 bridgehead atoms. The molecule has 0 radical (unpaired) electrons. The minimum Gasteiger partial charge on any atom is -0.370 e. The number of hydrogen-bond acceptors (Lipinski definition) is 1. The minimum absolute atomic E-state index is 0.609. The Bertz CT molecular complexity index is 183. The second-order valence-electron chi connectivity index (χ2n) is 4.37. The van der Waals surface area contributed by atoms with Gasteiger partial charge in [-0.25, -0.2) is 0 Å². The molecule has 0 aromatic rings. The number of rotatable bonds is 4. The van der Waals surface area contributed by atoms with Crippen LogP contribution in [0, 0.1) is 11.8 Å². The predicted molar refractivity (Wildman–Crippen MR) is 56.6 cm³/mol. The second kappa shape index (κ2) is 4.49. The maximum atomic E-state index is 5.70. The van der Waals surface area contributed by atoms with Crippen molar-refractivity contribution in [3.8, 4) is 0 Å². The van der Waals surface area contributed by atoms with Gasteiger partial charge in [0.25, 0.3) is 0 Å². The van der Waals surface area contributed by atoms with E-state index in [9.17, 15) is 0 Å². The van der Waals surface area contributed by atoms with Gasteiger partial charge in [0.2, 0.25) is 0 Å². The molecule has 1 atom stereocenters. The summed E-state index contributed by atoms with van der Waals surface area (Å²) in [6, 6.07) is 0.609. The van der Waals surface area contributed by atoms with E-state index in [2.05, 4.69) is 31.1 Å². The zero-order chi connectivity index (χ0) is 9.84. The lowest BCUT2D eigenvalue weighted by atomic mass is 9.99. The number of aliphatic imine (C=N–C) groups is 1. The SMILES string of the molecule is CC(C)C(C)CN=C(N)NC1CC1. The second-order valence-corrected chi connectivity index (χ2v) is 4.37. The molecule has 1 aliphatic carbocycles. The Morgan fingerprint density at radius 2 is 2.08 bits per heavy atom. The van der Waals surface area contributed by atoms with Gasteiger partial charge in [-0.1, -0.05) is 20.8 Å². The molecule has 0 amide bonds. The normalized spacial score (nSPS) is 20.5. The van der Waals surface area contributed by atoms with E-state index in [1.54, 1.807) is 0 Å². The van der Waals surface area contributed by atoms with Crippen LogP contribution in [0.4, 0.5) is 0 Å². The lowest BCUT2D eigenvalue weighted by Gasteiger charge is -2.12. The van der Waals surface area contributed by atoms with Crippen LogP contribution in [0.25, 0.3) is 0 Å². The molecule has 3 heteroatoms. The van der Waals surface area contributed by atoms with Crippen molar-refractivity contribution >= 4 is 5.96 Å². The fourth-order valence-electron chi connectivity index (χ4n) is 0.936. The standard InChI is InChI=1S/C10H21N3/c1-7(2)8(3)6-12-10(11)13-9-4-5-9/h7-9H,4-6H2,1-3H3,(H3,11,12,13). The highest BCUT2D eigenvalue weighted by atomic mass is 15.1. The molecule has 0 heterocycles. The van der Waals surface area contributed by atoms with Crippen LogP contribution in [0.2, 0.25) is 0 Å². The summed E-state index contributed by atoms with van der Waals surface area (Å²) >= 11 is 0. The molecule has 0 aromatic carbocycles. The summed E-state index contributed by atoms with van der Waals surface area (Å²) in [5.74, 6) is 1.91. The van der Waals surface area contributed by atoms with E-state index in [1.165, 1.54) is 12.8 Å². The van der Waals surface area contributed by atoms with Gasteiger partial charge in [-0.3, -0.25) is 4.99 Å². The summed E-state index contributed by atoms with van der Waals surface area (Å²) in [4.78, 5) is 4.31. The molecule has 3 N–H and O–H groups in total. The van der Waals surface area contributed by atoms with Gasteiger partial charge in [0, 0.05) is 12.6 Å². The van der Waals surface area contributed by atoms with Crippen LogP contribution in [0.1, 0.15) is 33.6 Å². The van der Waals surface area contributed by atoms with Crippen molar-refractivity contribution in [3.63, 3.8) is 0 Å². The van der Waals surface area contributed by atoms with Gasteiger partial charge in [0.05, 0.1) is 0 Å². The fourth-order valence-corrected chi connectivity index (χ4v) is 0.936. The first-order chi connectivity index (χ1) is 6.09. The molecule has 13 heavy (non-hydrogen) atoms. The molecule has 1 unspecified atom stereocenters. The van der Waals surface area contributed by atoms with Crippen LogP contribution in [0.5, 0.6) is 0 Å². The van der Waals surface area contributed by atoms with E-state index in [4.69, 9.17) is 5.73 Å². The number of guanidine groups is 1. The van der Waals surface area contributed by atoms with E-state index in [1.807, 2.05) is 0 Å². The highest BCUT2D eigenvalue weighted by molar-refractivity contribution is 5.78. The van der Waals surface area contributed by atoms with Crippen molar-refractivity contribution in [1.82, 2.24) is 5.32 Å². The summed E-state index contributed by atoms with van der Waals surface area (Å²) < 4.78 is 0. The molecular weight excluding hydrogens is 162 g/mol. The average molecular weight is 183 g/mol. The molecule has 0 spiro atoms. The van der Waals surface area contributed by atoms with Gasteiger partial charge in [-0.2, -0.15) is 0 Å². The smallest absolute Gasteiger partial charge is 0.188 e. The Hall–Kier alpha value is -0.730. The quantitative estimate of drug-likeness (QED) is 0.510. The Balaban J connectivity index is 2.20. The average Bonchev–Trinajstić information content (AvgIpc) is 2.83. The van der Waals surface area contributed by atoms with Crippen molar-refractivity contribution in [2.24, 2.45) is 22.6 Å². The molecule has 0 saturated heterocycles. The first-order valence-corrected chi connectivity index (χ1v) is 5.16. The van der Waals surface area contributed by atoms with Crippen molar-refractivity contribution in [2.45, 2.75) is 39.7 Å². The third kappa shape index (κ3) is 4.15. The molecule has 1 aliphatic rings. The van der Waals surface area contributed by atoms with E-state index < -0.39 is 0 Å². The van der Waals surface area contributed by atoms with Gasteiger partial charge in [-0.05, 0) is 24.7 Å². The van der Waals surface area contributed by atoms with E-state index in [0.717, 1.165) is 6.54 Å². The lowest BCUT2D eigenvalue weighted by Crippen LogP contribution is -2.33. The highest BCUT2D eigenvalue weighted by Gasteiger charge is 2.21. The largest absolute Gasteiger partial charge is 0.370 e. The summed E-state index contributed by atoms with van der Waals surface area (Å²) in [7, 11) is 0. The zero-order valence-electron chi connectivity index (χ0n) is 8.88. The van der Waals surface area contributed by atoms with Crippen molar-refractivity contribution in [3.05, 3.63) is 0 Å².